The van der Waals surface area contributed by atoms with Crippen molar-refractivity contribution >= 4 is 22.8 Å². The van der Waals surface area contributed by atoms with Crippen molar-refractivity contribution in [2.45, 2.75) is 64.6 Å². The number of rotatable bonds is 3. The second-order valence-corrected chi connectivity index (χ2v) is 7.98. The molecule has 1 aromatic heterocycles. The van der Waals surface area contributed by atoms with Gasteiger partial charge < -0.3 is 15.4 Å². The average molecular weight is 359 g/mol. The molecule has 0 bridgehead atoms. The minimum atomic E-state index is -0.494. The van der Waals surface area contributed by atoms with E-state index in [-0.39, 0.29) is 24.0 Å². The van der Waals surface area contributed by atoms with Gasteiger partial charge in [-0.3, -0.25) is 0 Å². The zero-order chi connectivity index (χ0) is 18.9. The van der Waals surface area contributed by atoms with Crippen LogP contribution in [0, 0.1) is 12.7 Å². The van der Waals surface area contributed by atoms with E-state index in [9.17, 15) is 9.18 Å². The van der Waals surface area contributed by atoms with Crippen molar-refractivity contribution in [2.75, 3.05) is 5.32 Å². The summed E-state index contributed by atoms with van der Waals surface area (Å²) in [5, 5.41) is 7.20. The molecule has 2 atom stereocenters. The number of nitrogens with zero attached hydrogens (tertiary/aromatic N) is 1. The first-order valence-electron chi connectivity index (χ1n) is 9.02. The molecule has 0 saturated heterocycles. The molecule has 3 rings (SSSR count). The van der Waals surface area contributed by atoms with Crippen LogP contribution in [0.2, 0.25) is 0 Å². The molecule has 26 heavy (non-hydrogen) atoms. The van der Waals surface area contributed by atoms with Crippen LogP contribution in [0.1, 0.15) is 45.6 Å². The highest BCUT2D eigenvalue weighted by Gasteiger charge is 2.28. The number of aryl methyl sites for hydroxylation is 1. The lowest BCUT2D eigenvalue weighted by atomic mass is 10.1. The summed E-state index contributed by atoms with van der Waals surface area (Å²) in [5.74, 6) is 0.527. The summed E-state index contributed by atoms with van der Waals surface area (Å²) in [6, 6.07) is 6.91. The molecule has 0 unspecified atom stereocenters. The van der Waals surface area contributed by atoms with Gasteiger partial charge in [0, 0.05) is 17.5 Å². The Balaban J connectivity index is 1.61. The normalized spacial score (nSPS) is 20.2. The molecule has 1 aliphatic carbocycles. The average Bonchev–Trinajstić information content (AvgIpc) is 2.93. The molecule has 2 N–H and O–H groups in total. The Labute approximate surface area is 153 Å². The van der Waals surface area contributed by atoms with Crippen molar-refractivity contribution in [3.63, 3.8) is 0 Å². The number of pyridine rings is 1. The van der Waals surface area contributed by atoms with Gasteiger partial charge in [-0.05, 0) is 76.8 Å². The lowest BCUT2D eigenvalue weighted by molar-refractivity contribution is 0.0505. The van der Waals surface area contributed by atoms with Gasteiger partial charge in [0.15, 0.2) is 0 Å². The minimum Gasteiger partial charge on any atom is -0.444 e. The molecule has 0 aliphatic heterocycles. The van der Waals surface area contributed by atoms with Gasteiger partial charge in [0.2, 0.25) is 0 Å². The van der Waals surface area contributed by atoms with Gasteiger partial charge in [-0.15, -0.1) is 0 Å². The lowest BCUT2D eigenvalue weighted by Gasteiger charge is -2.22. The van der Waals surface area contributed by atoms with Crippen LogP contribution in [-0.4, -0.2) is 28.8 Å². The quantitative estimate of drug-likeness (QED) is 0.844. The van der Waals surface area contributed by atoms with Crippen LogP contribution in [0.5, 0.6) is 0 Å². The number of hydrogen-bond donors (Lipinski definition) is 2. The molecular weight excluding hydrogens is 333 g/mol. The van der Waals surface area contributed by atoms with Crippen LogP contribution >= 0.6 is 0 Å². The highest BCUT2D eigenvalue weighted by molar-refractivity contribution is 5.83. The standard InChI is InChI=1S/C20H26FN3O2/c1-12-9-18(24-17-8-5-13(21)10-16(12)17)22-14-6-7-15(11-14)23-19(25)26-20(2,3)4/h5,8-10,14-15H,6-7,11H2,1-4H3,(H,22,24)(H,23,25)/t14-,15-/m0/s1. The van der Waals surface area contributed by atoms with Crippen molar-refractivity contribution < 1.29 is 13.9 Å². The first-order valence-corrected chi connectivity index (χ1v) is 9.02. The largest absolute Gasteiger partial charge is 0.444 e. The van der Waals surface area contributed by atoms with E-state index >= 15 is 0 Å². The summed E-state index contributed by atoms with van der Waals surface area (Å²) >= 11 is 0. The third-order valence-corrected chi connectivity index (χ3v) is 4.48. The SMILES string of the molecule is Cc1cc(N[C@H]2CC[C@H](NC(=O)OC(C)(C)C)C2)nc2ccc(F)cc12. The lowest BCUT2D eigenvalue weighted by Crippen LogP contribution is -2.38. The van der Waals surface area contributed by atoms with E-state index < -0.39 is 5.60 Å². The molecule has 0 radical (unpaired) electrons. The van der Waals surface area contributed by atoms with E-state index in [0.29, 0.717) is 0 Å². The molecule has 1 amide bonds. The monoisotopic (exact) mass is 359 g/mol. The van der Waals surface area contributed by atoms with E-state index in [1.165, 1.54) is 12.1 Å². The fourth-order valence-corrected chi connectivity index (χ4v) is 3.37. The third-order valence-electron chi connectivity index (χ3n) is 4.48. The second-order valence-electron chi connectivity index (χ2n) is 7.98. The number of carbonyl (C=O) groups is 1. The predicted octanol–water partition coefficient (Wildman–Crippen LogP) is 4.54. The van der Waals surface area contributed by atoms with E-state index in [4.69, 9.17) is 4.74 Å². The number of alkyl carbamates (subject to hydrolysis) is 1. The maximum Gasteiger partial charge on any atom is 0.407 e. The van der Waals surface area contributed by atoms with Gasteiger partial charge in [0.1, 0.15) is 17.2 Å². The Hall–Kier alpha value is -2.37. The number of ether oxygens (including phenoxy) is 1. The van der Waals surface area contributed by atoms with E-state index in [0.717, 1.165) is 41.5 Å². The second kappa shape index (κ2) is 7.09. The fraction of sp³-hybridized carbons (Fsp3) is 0.500. The summed E-state index contributed by atoms with van der Waals surface area (Å²) < 4.78 is 18.7. The molecule has 5 nitrogen and oxygen atoms in total. The van der Waals surface area contributed by atoms with Crippen LogP contribution < -0.4 is 10.6 Å². The highest BCUT2D eigenvalue weighted by atomic mass is 19.1. The van der Waals surface area contributed by atoms with Gasteiger partial charge in [0.05, 0.1) is 5.52 Å². The first-order chi connectivity index (χ1) is 12.2. The van der Waals surface area contributed by atoms with Gasteiger partial charge >= 0.3 is 6.09 Å². The molecule has 1 aromatic carbocycles. The summed E-state index contributed by atoms with van der Waals surface area (Å²) in [5.41, 5.74) is 1.26. The van der Waals surface area contributed by atoms with Crippen LogP contribution in [-0.2, 0) is 4.74 Å². The number of anilines is 1. The number of hydrogen-bond acceptors (Lipinski definition) is 4. The number of benzene rings is 1. The van der Waals surface area contributed by atoms with Crippen molar-refractivity contribution in [3.8, 4) is 0 Å². The van der Waals surface area contributed by atoms with E-state index in [1.807, 2.05) is 33.8 Å². The van der Waals surface area contributed by atoms with E-state index in [2.05, 4.69) is 15.6 Å². The number of amides is 1. The minimum absolute atomic E-state index is 0.0954. The van der Waals surface area contributed by atoms with Crippen molar-refractivity contribution in [1.29, 1.82) is 0 Å². The molecule has 140 valence electrons. The zero-order valence-electron chi connectivity index (χ0n) is 15.7. The van der Waals surface area contributed by atoms with Crippen molar-refractivity contribution in [3.05, 3.63) is 35.6 Å². The molecule has 1 fully saturated rings. The summed E-state index contributed by atoms with van der Waals surface area (Å²) in [6.45, 7) is 7.51. The summed E-state index contributed by atoms with van der Waals surface area (Å²) in [7, 11) is 0. The Kier molecular flexibility index (Phi) is 5.03. The first kappa shape index (κ1) is 18.4. The predicted molar refractivity (Wildman–Crippen MR) is 101 cm³/mol. The zero-order valence-corrected chi connectivity index (χ0v) is 15.7. The molecule has 2 aromatic rings. The van der Waals surface area contributed by atoms with Crippen LogP contribution in [0.3, 0.4) is 0 Å². The molecule has 1 heterocycles. The molecule has 1 saturated carbocycles. The van der Waals surface area contributed by atoms with Crippen molar-refractivity contribution in [1.82, 2.24) is 10.3 Å². The van der Waals surface area contributed by atoms with Crippen LogP contribution in [0.15, 0.2) is 24.3 Å². The number of nitrogens with one attached hydrogen (secondary N) is 2. The van der Waals surface area contributed by atoms with Gasteiger partial charge in [0.25, 0.3) is 0 Å². The molecule has 1 aliphatic rings. The topological polar surface area (TPSA) is 63.2 Å². The van der Waals surface area contributed by atoms with Crippen LogP contribution in [0.4, 0.5) is 15.0 Å². The summed E-state index contributed by atoms with van der Waals surface area (Å²) in [6.07, 6.45) is 2.29. The van der Waals surface area contributed by atoms with Gasteiger partial charge in [-0.1, -0.05) is 0 Å². The Morgan fingerprint density at radius 1 is 1.23 bits per heavy atom. The molecule has 0 spiro atoms. The number of aromatic nitrogens is 1. The number of halogens is 1. The van der Waals surface area contributed by atoms with Crippen LogP contribution in [0.25, 0.3) is 10.9 Å². The maximum atomic E-state index is 13.4. The van der Waals surface area contributed by atoms with E-state index in [1.54, 1.807) is 6.07 Å². The maximum absolute atomic E-state index is 13.4. The van der Waals surface area contributed by atoms with Gasteiger partial charge in [-0.25, -0.2) is 14.2 Å². The smallest absolute Gasteiger partial charge is 0.407 e. The third kappa shape index (κ3) is 4.62. The highest BCUT2D eigenvalue weighted by Crippen LogP contribution is 2.26. The summed E-state index contributed by atoms with van der Waals surface area (Å²) in [4.78, 5) is 16.5. The fourth-order valence-electron chi connectivity index (χ4n) is 3.37. The Bertz CT molecular complexity index is 817. The Morgan fingerprint density at radius 2 is 1.96 bits per heavy atom. The Morgan fingerprint density at radius 3 is 2.69 bits per heavy atom. The van der Waals surface area contributed by atoms with Gasteiger partial charge in [-0.2, -0.15) is 0 Å². The van der Waals surface area contributed by atoms with Crippen molar-refractivity contribution in [2.24, 2.45) is 0 Å². The molecule has 6 heteroatoms. The number of carbonyl (C=O) groups excluding carboxylic acids is 1. The molecular formula is C20H26FN3O2. The number of fused-ring (bicyclic) bond motifs is 1.